The second-order valence-corrected chi connectivity index (χ2v) is 21.7. The van der Waals surface area contributed by atoms with Crippen LogP contribution in [0, 0.1) is 11.6 Å². The second kappa shape index (κ2) is 26.0. The summed E-state index contributed by atoms with van der Waals surface area (Å²) in [6, 6.07) is 30.8. The third-order valence-corrected chi connectivity index (χ3v) is 14.4. The van der Waals surface area contributed by atoms with Crippen molar-refractivity contribution in [2.45, 2.75) is 77.4 Å². The smallest absolute Gasteiger partial charge is 0.550 e. The van der Waals surface area contributed by atoms with Crippen LogP contribution in [0.5, 0.6) is 0 Å². The van der Waals surface area contributed by atoms with Crippen molar-refractivity contribution in [1.82, 2.24) is 19.6 Å². The molecule has 4 atom stereocenters. The average molecular weight is 961 g/mol. The third kappa shape index (κ3) is 16.4. The molecule has 14 nitrogen and oxygen atoms in total. The van der Waals surface area contributed by atoms with E-state index in [9.17, 15) is 57.7 Å². The van der Waals surface area contributed by atoms with E-state index in [2.05, 4.69) is 0 Å². The minimum absolute atomic E-state index is 0. The van der Waals surface area contributed by atoms with Crippen molar-refractivity contribution in [2.24, 2.45) is 0 Å². The van der Waals surface area contributed by atoms with Crippen LogP contribution in [0.2, 0.25) is 0 Å². The van der Waals surface area contributed by atoms with Gasteiger partial charge in [-0.15, -0.1) is 0 Å². The Labute approximate surface area is 418 Å². The van der Waals surface area contributed by atoms with E-state index in [-0.39, 0.29) is 86.4 Å². The van der Waals surface area contributed by atoms with Gasteiger partial charge in [0.2, 0.25) is 14.7 Å². The van der Waals surface area contributed by atoms with Crippen LogP contribution in [0.4, 0.5) is 8.78 Å². The zero-order chi connectivity index (χ0) is 48.3. The van der Waals surface area contributed by atoms with Crippen molar-refractivity contribution >= 4 is 26.7 Å². The van der Waals surface area contributed by atoms with Crippen LogP contribution in [0.15, 0.2) is 109 Å². The zero-order valence-corrected chi connectivity index (χ0v) is 40.8. The molecule has 2 unspecified atom stereocenters. The van der Waals surface area contributed by atoms with Gasteiger partial charge in [-0.05, 0) is 97.5 Å². The molecule has 4 aromatic carbocycles. The molecule has 0 fully saturated rings. The number of carbonyl (C=O) groups is 2. The van der Waals surface area contributed by atoms with Crippen LogP contribution >= 0.6 is 14.7 Å². The number of nitrogens with zero attached hydrogens (tertiary/aromatic N) is 4. The maximum Gasteiger partial charge on any atom is 1.00 e. The summed E-state index contributed by atoms with van der Waals surface area (Å²) >= 11 is 0. The number of aliphatic hydroxyl groups is 2. The molecule has 6 rings (SSSR count). The van der Waals surface area contributed by atoms with Gasteiger partial charge in [-0.2, -0.15) is 10.2 Å². The molecule has 0 bridgehead atoms. The number of aromatic nitrogens is 4. The Morgan fingerprint density at radius 3 is 1.16 bits per heavy atom. The number of benzene rings is 4. The van der Waals surface area contributed by atoms with Crippen molar-refractivity contribution in [1.29, 1.82) is 0 Å². The molecule has 0 amide bonds. The monoisotopic (exact) mass is 960 g/mol. The molecule has 2 heterocycles. The summed E-state index contributed by atoms with van der Waals surface area (Å²) in [6.45, 7) is 7.88. The molecule has 0 aliphatic rings. The topological polar surface area (TPSA) is 231 Å². The van der Waals surface area contributed by atoms with E-state index >= 15 is 0 Å². The van der Waals surface area contributed by atoms with E-state index in [0.29, 0.717) is 22.5 Å². The van der Waals surface area contributed by atoms with E-state index in [1.54, 1.807) is 33.6 Å². The Hall–Kier alpha value is -4.41. The molecule has 0 aliphatic heterocycles. The molecule has 68 heavy (non-hydrogen) atoms. The summed E-state index contributed by atoms with van der Waals surface area (Å²) in [7, 11) is -7.68. The Bertz CT molecular complexity index is 2490. The fraction of sp³-hybridized carbons (Fsp3) is 0.333. The average Bonchev–Trinajstić information content (AvgIpc) is 3.83. The van der Waals surface area contributed by atoms with Gasteiger partial charge in [-0.1, -0.05) is 64.1 Å². The van der Waals surface area contributed by atoms with Gasteiger partial charge >= 0.3 is 37.7 Å². The zero-order valence-electron chi connectivity index (χ0n) is 39.0. The summed E-state index contributed by atoms with van der Waals surface area (Å²) in [5, 5.41) is 50.5. The van der Waals surface area contributed by atoms with E-state index in [1.807, 2.05) is 88.4 Å². The van der Waals surface area contributed by atoms with Crippen LogP contribution in [-0.2, 0) is 31.6 Å². The Kier molecular flexibility index (Phi) is 22.1. The number of hydrogen-bond donors (Lipinski definition) is 4. The summed E-state index contributed by atoms with van der Waals surface area (Å²) in [6.07, 6.45) is -5.34. The number of rotatable bonds is 20. The van der Waals surface area contributed by atoms with Crippen LogP contribution < -0.4 is 47.9 Å². The van der Waals surface area contributed by atoms with Crippen molar-refractivity contribution < 1.29 is 95.4 Å². The molecule has 0 aliphatic carbocycles. The molecule has 0 radical (unpaired) electrons. The molecule has 0 saturated carbocycles. The number of halogens is 2. The molecular formula is C48H54F2Li2N4O10P2. The van der Waals surface area contributed by atoms with Crippen LogP contribution in [-0.4, -0.2) is 88.4 Å². The molecule has 352 valence electrons. The predicted molar refractivity (Wildman–Crippen MR) is 244 cm³/mol. The quantitative estimate of drug-likeness (QED) is 0.0596. The van der Waals surface area contributed by atoms with Gasteiger partial charge in [0.05, 0.1) is 58.7 Å². The van der Waals surface area contributed by atoms with Gasteiger partial charge in [0, 0.05) is 59.4 Å². The van der Waals surface area contributed by atoms with Crippen molar-refractivity contribution in [3.05, 3.63) is 143 Å². The van der Waals surface area contributed by atoms with Crippen LogP contribution in [0.1, 0.15) is 74.9 Å². The third-order valence-electron chi connectivity index (χ3n) is 10.6. The largest absolute Gasteiger partial charge is 1.00 e. The first-order valence-corrected chi connectivity index (χ1v) is 25.4. The second-order valence-electron chi connectivity index (χ2n) is 16.7. The van der Waals surface area contributed by atoms with E-state index < -0.39 is 64.0 Å². The maximum absolute atomic E-state index is 13.6. The van der Waals surface area contributed by atoms with E-state index in [0.717, 1.165) is 33.9 Å². The fourth-order valence-electron chi connectivity index (χ4n) is 7.60. The SMILES string of the molecule is CC(C)c1nn(-c2ccccc2)c(-c2ccc(F)cc2)c1CCP(=O)(O)C[C@@H](O)CC(=O)[O-].CC(C)c1nn(-c2ccccc2)c(-c2ccc(F)cc2)c1CCP(=O)(O)C[C@@H](O)CC(=O)[O-].[Li+].[Li+]. The van der Waals surface area contributed by atoms with Gasteiger partial charge in [0.15, 0.2) is 0 Å². The normalized spacial score (nSPS) is 13.8. The minimum Gasteiger partial charge on any atom is -0.550 e. The number of hydrogen-bond acceptors (Lipinski definition) is 10. The van der Waals surface area contributed by atoms with E-state index in [4.69, 9.17) is 10.2 Å². The Morgan fingerprint density at radius 1 is 0.574 bits per heavy atom. The van der Waals surface area contributed by atoms with Gasteiger partial charge in [-0.3, -0.25) is 9.13 Å². The number of aliphatic carboxylic acids is 2. The standard InChI is InChI=1S/2C24H28FN2O5P.2Li/c2*1-16(2)23-21(12-13-33(31,32)15-20(28)14-22(29)30)24(17-8-10-18(25)11-9-17)27(26-23)19-6-4-3-5-7-19;;/h2*3-11,16,20,28H,12-15H2,1-2H3,(H,29,30)(H,31,32);;/q;;2*+1/p-2/t2*20-;;/m00../s1. The molecular weight excluding hydrogens is 906 g/mol. The molecule has 20 heteroatoms. The Balaban J connectivity index is 0.000000350. The summed E-state index contributed by atoms with van der Waals surface area (Å²) < 4.78 is 56.2. The van der Waals surface area contributed by atoms with Gasteiger partial charge in [0.25, 0.3) is 0 Å². The summed E-state index contributed by atoms with van der Waals surface area (Å²) in [5.41, 5.74) is 7.39. The fourth-order valence-corrected chi connectivity index (χ4v) is 10.7. The Morgan fingerprint density at radius 2 is 0.882 bits per heavy atom. The molecule has 6 aromatic rings. The summed E-state index contributed by atoms with van der Waals surface area (Å²) in [4.78, 5) is 42.2. The first-order valence-electron chi connectivity index (χ1n) is 21.4. The first-order chi connectivity index (χ1) is 31.1. The maximum atomic E-state index is 13.6. The molecule has 2 aromatic heterocycles. The van der Waals surface area contributed by atoms with Crippen molar-refractivity contribution in [3.8, 4) is 33.9 Å². The number of para-hydroxylation sites is 2. The van der Waals surface area contributed by atoms with E-state index in [1.165, 1.54) is 24.3 Å². The molecule has 4 N–H and O–H groups in total. The van der Waals surface area contributed by atoms with Crippen molar-refractivity contribution in [3.63, 3.8) is 0 Å². The predicted octanol–water partition coefficient (Wildman–Crippen LogP) is 0.239. The minimum atomic E-state index is -3.84. The number of aliphatic hydroxyl groups excluding tert-OH is 2. The van der Waals surface area contributed by atoms with Gasteiger partial charge < -0.3 is 39.8 Å². The molecule has 0 saturated heterocycles. The summed E-state index contributed by atoms with van der Waals surface area (Å²) in [5.74, 6) is -3.70. The van der Waals surface area contributed by atoms with Gasteiger partial charge in [0.1, 0.15) is 11.6 Å². The number of carboxylic acid groups (broad SMARTS) is 2. The van der Waals surface area contributed by atoms with Crippen molar-refractivity contribution in [2.75, 3.05) is 24.6 Å². The number of carboxylic acids is 2. The first kappa shape index (κ1) is 57.9. The van der Waals surface area contributed by atoms with Crippen LogP contribution in [0.25, 0.3) is 33.9 Å². The molecule has 0 spiro atoms. The number of carbonyl (C=O) groups excluding carboxylic acids is 2. The van der Waals surface area contributed by atoms with Crippen LogP contribution in [0.3, 0.4) is 0 Å². The van der Waals surface area contributed by atoms with Gasteiger partial charge in [-0.25, -0.2) is 18.1 Å².